The van der Waals surface area contributed by atoms with Crippen LogP contribution in [-0.4, -0.2) is 45.8 Å². The molecule has 4 heterocycles. The van der Waals surface area contributed by atoms with E-state index in [0.29, 0.717) is 11.6 Å². The van der Waals surface area contributed by atoms with Gasteiger partial charge in [0.05, 0.1) is 5.69 Å². The predicted octanol–water partition coefficient (Wildman–Crippen LogP) is 2.58. The van der Waals surface area contributed by atoms with Gasteiger partial charge in [0, 0.05) is 12.1 Å². The number of nitrogens with one attached hydrogen (secondary N) is 1. The van der Waals surface area contributed by atoms with Gasteiger partial charge < -0.3 is 10.0 Å². The van der Waals surface area contributed by atoms with Crippen LogP contribution >= 0.6 is 0 Å². The highest BCUT2D eigenvalue weighted by atomic mass is 16.4. The monoisotopic (exact) mass is 297 g/mol. The molecule has 3 saturated heterocycles. The Morgan fingerprint density at radius 1 is 1.23 bits per heavy atom. The third-order valence-electron chi connectivity index (χ3n) is 5.10. The van der Waals surface area contributed by atoms with Crippen molar-refractivity contribution in [1.29, 1.82) is 0 Å². The molecule has 0 aliphatic carbocycles. The molecule has 3 aliphatic rings. The van der Waals surface area contributed by atoms with Crippen LogP contribution < -0.4 is 0 Å². The number of aromatic nitrogens is 2. The Kier molecular flexibility index (Phi) is 3.22. The van der Waals surface area contributed by atoms with E-state index in [4.69, 9.17) is 5.11 Å². The molecule has 1 unspecified atom stereocenters. The van der Waals surface area contributed by atoms with Gasteiger partial charge in [-0.05, 0) is 49.4 Å². The van der Waals surface area contributed by atoms with E-state index in [0.717, 1.165) is 11.5 Å². The van der Waals surface area contributed by atoms with Crippen molar-refractivity contribution in [2.75, 3.05) is 19.6 Å². The second-order valence-corrected chi connectivity index (χ2v) is 6.34. The van der Waals surface area contributed by atoms with Crippen LogP contribution in [-0.2, 0) is 0 Å². The summed E-state index contributed by atoms with van der Waals surface area (Å²) in [6.07, 6.45) is 2.63. The molecule has 0 saturated carbocycles. The van der Waals surface area contributed by atoms with E-state index in [1.165, 1.54) is 38.0 Å². The van der Waals surface area contributed by atoms with Gasteiger partial charge in [0.2, 0.25) is 0 Å². The summed E-state index contributed by atoms with van der Waals surface area (Å²) < 4.78 is 0. The third-order valence-corrected chi connectivity index (χ3v) is 5.10. The lowest BCUT2D eigenvalue weighted by Gasteiger charge is -2.45. The van der Waals surface area contributed by atoms with Crippen LogP contribution in [0.1, 0.15) is 34.8 Å². The lowest BCUT2D eigenvalue weighted by Crippen LogP contribution is -2.46. The van der Waals surface area contributed by atoms with Crippen molar-refractivity contribution in [2.45, 2.75) is 18.8 Å². The van der Waals surface area contributed by atoms with Crippen LogP contribution in [0.15, 0.2) is 30.3 Å². The molecule has 5 heteroatoms. The quantitative estimate of drug-likeness (QED) is 0.913. The SMILES string of the molecule is O=C(O)c1cc(-c2ccc(C3CN4CCC3CC4)cc2)n[nH]1. The van der Waals surface area contributed by atoms with Gasteiger partial charge in [0.25, 0.3) is 0 Å². The molecule has 5 nitrogen and oxygen atoms in total. The topological polar surface area (TPSA) is 69.2 Å². The summed E-state index contributed by atoms with van der Waals surface area (Å²) in [6, 6.07) is 10.0. The first kappa shape index (κ1) is 13.5. The fourth-order valence-electron chi connectivity index (χ4n) is 3.82. The molecule has 3 aliphatic heterocycles. The van der Waals surface area contributed by atoms with Gasteiger partial charge in [-0.3, -0.25) is 5.10 Å². The first-order valence-electron chi connectivity index (χ1n) is 7.82. The summed E-state index contributed by atoms with van der Waals surface area (Å²) in [7, 11) is 0. The van der Waals surface area contributed by atoms with Gasteiger partial charge >= 0.3 is 5.97 Å². The first-order valence-corrected chi connectivity index (χ1v) is 7.82. The van der Waals surface area contributed by atoms with Gasteiger partial charge in [-0.15, -0.1) is 0 Å². The summed E-state index contributed by atoms with van der Waals surface area (Å²) in [4.78, 5) is 13.5. The molecular formula is C17H19N3O2. The molecule has 2 bridgehead atoms. The Bertz CT molecular complexity index is 684. The maximum atomic E-state index is 10.9. The van der Waals surface area contributed by atoms with E-state index in [2.05, 4.69) is 39.4 Å². The number of carboxylic acids is 1. The number of fused-ring (bicyclic) bond motifs is 3. The Morgan fingerprint density at radius 2 is 1.95 bits per heavy atom. The lowest BCUT2D eigenvalue weighted by molar-refractivity contribution is 0.0690. The Labute approximate surface area is 129 Å². The number of benzene rings is 1. The van der Waals surface area contributed by atoms with Gasteiger partial charge in [0.15, 0.2) is 0 Å². The van der Waals surface area contributed by atoms with E-state index in [1.54, 1.807) is 6.07 Å². The normalized spacial score (nSPS) is 27.0. The predicted molar refractivity (Wildman–Crippen MR) is 82.9 cm³/mol. The lowest BCUT2D eigenvalue weighted by atomic mass is 9.75. The number of aromatic amines is 1. The molecule has 1 aromatic heterocycles. The van der Waals surface area contributed by atoms with Crippen molar-refractivity contribution in [1.82, 2.24) is 15.1 Å². The smallest absolute Gasteiger partial charge is 0.353 e. The maximum absolute atomic E-state index is 10.9. The molecule has 0 amide bonds. The van der Waals surface area contributed by atoms with Crippen molar-refractivity contribution in [2.24, 2.45) is 5.92 Å². The molecule has 0 spiro atoms. The highest BCUT2D eigenvalue weighted by Crippen LogP contribution is 2.39. The van der Waals surface area contributed by atoms with Crippen molar-refractivity contribution in [3.63, 3.8) is 0 Å². The molecule has 0 radical (unpaired) electrons. The minimum atomic E-state index is -0.984. The highest BCUT2D eigenvalue weighted by molar-refractivity contribution is 5.86. The maximum Gasteiger partial charge on any atom is 0.353 e. The largest absolute Gasteiger partial charge is 0.477 e. The number of H-pyrrole nitrogens is 1. The summed E-state index contributed by atoms with van der Waals surface area (Å²) in [5.74, 6) is 0.479. The molecule has 2 aromatic rings. The van der Waals surface area contributed by atoms with Crippen LogP contribution in [0.2, 0.25) is 0 Å². The second-order valence-electron chi connectivity index (χ2n) is 6.34. The number of piperidine rings is 3. The fraction of sp³-hybridized carbons (Fsp3) is 0.412. The van der Waals surface area contributed by atoms with E-state index >= 15 is 0 Å². The molecule has 5 rings (SSSR count). The number of hydrogen-bond donors (Lipinski definition) is 2. The molecule has 22 heavy (non-hydrogen) atoms. The number of rotatable bonds is 3. The average molecular weight is 297 g/mol. The molecule has 1 aromatic carbocycles. The summed E-state index contributed by atoms with van der Waals surface area (Å²) in [5, 5.41) is 15.6. The summed E-state index contributed by atoms with van der Waals surface area (Å²) >= 11 is 0. The van der Waals surface area contributed by atoms with Crippen molar-refractivity contribution in [3.05, 3.63) is 41.6 Å². The third kappa shape index (κ3) is 2.31. The van der Waals surface area contributed by atoms with Crippen molar-refractivity contribution >= 4 is 5.97 Å². The zero-order chi connectivity index (χ0) is 15.1. The number of aromatic carboxylic acids is 1. The number of carbonyl (C=O) groups is 1. The van der Waals surface area contributed by atoms with Crippen LogP contribution in [0.25, 0.3) is 11.3 Å². The summed E-state index contributed by atoms with van der Waals surface area (Å²) in [5.41, 5.74) is 3.15. The van der Waals surface area contributed by atoms with E-state index in [1.807, 2.05) is 0 Å². The minimum Gasteiger partial charge on any atom is -0.477 e. The molecular weight excluding hydrogens is 278 g/mol. The molecule has 3 fully saturated rings. The zero-order valence-corrected chi connectivity index (χ0v) is 12.3. The molecule has 2 N–H and O–H groups in total. The number of carboxylic acid groups (broad SMARTS) is 1. The second kappa shape index (κ2) is 5.25. The molecule has 114 valence electrons. The standard InChI is InChI=1S/C17H19N3O2/c21-17(22)16-9-15(18-19-16)13-3-1-11(2-4-13)14-10-20-7-5-12(14)6-8-20/h1-4,9,12,14H,5-8,10H2,(H,18,19)(H,21,22). The van der Waals surface area contributed by atoms with E-state index in [-0.39, 0.29) is 5.69 Å². The Hall–Kier alpha value is -2.14. The van der Waals surface area contributed by atoms with Crippen LogP contribution in [0.3, 0.4) is 0 Å². The average Bonchev–Trinajstić information content (AvgIpc) is 3.06. The van der Waals surface area contributed by atoms with E-state index < -0.39 is 5.97 Å². The Balaban J connectivity index is 1.56. The minimum absolute atomic E-state index is 0.122. The van der Waals surface area contributed by atoms with Crippen LogP contribution in [0, 0.1) is 5.92 Å². The van der Waals surface area contributed by atoms with E-state index in [9.17, 15) is 4.79 Å². The highest BCUT2D eigenvalue weighted by Gasteiger charge is 2.34. The Morgan fingerprint density at radius 3 is 2.50 bits per heavy atom. The van der Waals surface area contributed by atoms with Crippen molar-refractivity contribution < 1.29 is 9.90 Å². The summed E-state index contributed by atoms with van der Waals surface area (Å²) in [6.45, 7) is 3.69. The first-order chi connectivity index (χ1) is 10.7. The van der Waals surface area contributed by atoms with Gasteiger partial charge in [0.1, 0.15) is 5.69 Å². The van der Waals surface area contributed by atoms with Crippen molar-refractivity contribution in [3.8, 4) is 11.3 Å². The van der Waals surface area contributed by atoms with Crippen LogP contribution in [0.5, 0.6) is 0 Å². The van der Waals surface area contributed by atoms with Crippen LogP contribution in [0.4, 0.5) is 0 Å². The van der Waals surface area contributed by atoms with Gasteiger partial charge in [-0.2, -0.15) is 5.10 Å². The number of hydrogen-bond acceptors (Lipinski definition) is 3. The molecule has 1 atom stereocenters. The van der Waals surface area contributed by atoms with Gasteiger partial charge in [-0.25, -0.2) is 4.79 Å². The number of nitrogens with zero attached hydrogens (tertiary/aromatic N) is 2. The van der Waals surface area contributed by atoms with Gasteiger partial charge in [-0.1, -0.05) is 24.3 Å². The fourth-order valence-corrected chi connectivity index (χ4v) is 3.82. The zero-order valence-electron chi connectivity index (χ0n) is 12.3.